The number of carboxylic acids is 1. The molecule has 14 atom stereocenters. The molecule has 7 rings (SSSR count). The first-order valence-electron chi connectivity index (χ1n) is 21.0. The van der Waals surface area contributed by atoms with Crippen LogP contribution >= 0.6 is 0 Å². The topological polar surface area (TPSA) is 113 Å². The maximum absolute atomic E-state index is 14.5. The third-order valence-corrected chi connectivity index (χ3v) is 18.6. The molecule has 51 heavy (non-hydrogen) atoms. The number of nitrogens with one attached hydrogen (secondary N) is 1. The Bertz CT molecular complexity index is 1410. The van der Waals surface area contributed by atoms with Crippen molar-refractivity contribution >= 4 is 23.8 Å². The van der Waals surface area contributed by atoms with Crippen LogP contribution < -0.4 is 5.32 Å². The molecule has 0 bridgehead atoms. The molecule has 2 N–H and O–H groups in total. The van der Waals surface area contributed by atoms with Crippen LogP contribution in [0.1, 0.15) is 151 Å². The van der Waals surface area contributed by atoms with Crippen LogP contribution in [0, 0.1) is 68.5 Å². The van der Waals surface area contributed by atoms with Gasteiger partial charge < -0.3 is 20.1 Å². The Kier molecular flexibility index (Phi) is 9.50. The van der Waals surface area contributed by atoms with E-state index in [1.807, 2.05) is 0 Å². The Balaban J connectivity index is 1.05. The van der Waals surface area contributed by atoms with Gasteiger partial charge >= 0.3 is 11.9 Å². The van der Waals surface area contributed by atoms with Gasteiger partial charge in [0.25, 0.3) is 0 Å². The smallest absolute Gasteiger partial charge is 0.306 e. The summed E-state index contributed by atoms with van der Waals surface area (Å²) in [6, 6.07) is 0.111. The van der Waals surface area contributed by atoms with E-state index in [4.69, 9.17) is 4.74 Å². The third kappa shape index (κ3) is 5.38. The van der Waals surface area contributed by atoms with E-state index in [1.165, 1.54) is 19.3 Å². The molecule has 8 nitrogen and oxygen atoms in total. The lowest BCUT2D eigenvalue weighted by Gasteiger charge is -2.76. The molecular formula is C43H68N2O6. The summed E-state index contributed by atoms with van der Waals surface area (Å²) >= 11 is 0. The highest BCUT2D eigenvalue weighted by Crippen LogP contribution is 2.80. The number of hydrogen-bond acceptors (Lipinski definition) is 5. The van der Waals surface area contributed by atoms with Gasteiger partial charge in [0, 0.05) is 25.0 Å². The number of likely N-dealkylation sites (tertiary alicyclic amines) is 1. The van der Waals surface area contributed by atoms with Crippen molar-refractivity contribution in [1.29, 1.82) is 0 Å². The molecule has 0 aromatic rings. The van der Waals surface area contributed by atoms with Crippen molar-refractivity contribution in [3.63, 3.8) is 0 Å². The highest BCUT2D eigenvalue weighted by atomic mass is 16.5. The second-order valence-corrected chi connectivity index (χ2v) is 20.0. The normalized spacial score (nSPS) is 48.1. The van der Waals surface area contributed by atoms with Gasteiger partial charge in [-0.3, -0.25) is 19.2 Å². The van der Waals surface area contributed by atoms with E-state index >= 15 is 0 Å². The molecule has 1 saturated heterocycles. The quantitative estimate of drug-likeness (QED) is 0.259. The number of fused-ring (bicyclic) bond motifs is 7. The van der Waals surface area contributed by atoms with E-state index in [-0.39, 0.29) is 69.4 Å². The number of aliphatic carboxylic acids is 1. The molecule has 1 aliphatic heterocycles. The van der Waals surface area contributed by atoms with Gasteiger partial charge in [0.05, 0.1) is 17.8 Å². The van der Waals surface area contributed by atoms with Crippen LogP contribution in [0.15, 0.2) is 0 Å². The van der Waals surface area contributed by atoms with Crippen molar-refractivity contribution < 1.29 is 29.0 Å². The number of rotatable bonds is 7. The standard InChI is InChI=1S/C43H68N2O6/c1-26(37(48)49)24-35(46)51-34-15-17-39(4)30(28(34)3)13-18-42(7)40(5)20-21-43(16-11-12-32(43)31(40)14-19-41(39,42)6)38(50)44-33-25-29(27(33)2)36(47)45-22-9-8-10-23-45/h26-34H,8-25H2,1-7H3,(H,44,50)(H,48,49). The van der Waals surface area contributed by atoms with Gasteiger partial charge in [-0.2, -0.15) is 0 Å². The van der Waals surface area contributed by atoms with Gasteiger partial charge in [-0.15, -0.1) is 0 Å². The fraction of sp³-hybridized carbons (Fsp3) is 0.907. The van der Waals surface area contributed by atoms with Crippen LogP contribution in [-0.4, -0.2) is 59.0 Å². The van der Waals surface area contributed by atoms with Crippen molar-refractivity contribution in [2.24, 2.45) is 68.5 Å². The Morgan fingerprint density at radius 2 is 1.41 bits per heavy atom. The number of ether oxygens (including phenoxy) is 1. The van der Waals surface area contributed by atoms with Crippen molar-refractivity contribution in [2.75, 3.05) is 13.1 Å². The van der Waals surface area contributed by atoms with Gasteiger partial charge in [-0.05, 0) is 141 Å². The average molecular weight is 709 g/mol. The maximum Gasteiger partial charge on any atom is 0.306 e. The molecule has 286 valence electrons. The number of carbonyl (C=O) groups is 4. The Labute approximate surface area is 307 Å². The lowest BCUT2D eigenvalue weighted by Crippen LogP contribution is -2.70. The monoisotopic (exact) mass is 709 g/mol. The minimum absolute atomic E-state index is 0.0536. The summed E-state index contributed by atoms with van der Waals surface area (Å²) in [5.41, 5.74) is 0.278. The second-order valence-electron chi connectivity index (χ2n) is 20.0. The van der Waals surface area contributed by atoms with Crippen LogP contribution in [0.4, 0.5) is 0 Å². The summed E-state index contributed by atoms with van der Waals surface area (Å²) in [6.07, 6.45) is 15.9. The van der Waals surface area contributed by atoms with Gasteiger partial charge in [0.2, 0.25) is 11.8 Å². The largest absolute Gasteiger partial charge is 0.481 e. The molecule has 0 radical (unpaired) electrons. The minimum Gasteiger partial charge on any atom is -0.481 e. The number of carboxylic acid groups (broad SMARTS) is 1. The molecule has 0 spiro atoms. The number of piperidine rings is 1. The lowest BCUT2D eigenvalue weighted by molar-refractivity contribution is -0.279. The first-order valence-corrected chi connectivity index (χ1v) is 21.0. The number of nitrogens with zero attached hydrogens (tertiary/aromatic N) is 1. The van der Waals surface area contributed by atoms with Gasteiger partial charge in [0.15, 0.2) is 0 Å². The Morgan fingerprint density at radius 3 is 2.06 bits per heavy atom. The minimum atomic E-state index is -0.958. The zero-order chi connectivity index (χ0) is 36.7. The fourth-order valence-corrected chi connectivity index (χ4v) is 14.7. The summed E-state index contributed by atoms with van der Waals surface area (Å²) < 4.78 is 6.03. The zero-order valence-electron chi connectivity index (χ0n) is 32.9. The van der Waals surface area contributed by atoms with Crippen molar-refractivity contribution in [1.82, 2.24) is 10.2 Å². The third-order valence-electron chi connectivity index (χ3n) is 18.6. The summed E-state index contributed by atoms with van der Waals surface area (Å²) in [5, 5.41) is 12.9. The van der Waals surface area contributed by atoms with Crippen LogP contribution in [0.25, 0.3) is 0 Å². The fourth-order valence-electron chi connectivity index (χ4n) is 14.7. The predicted octanol–water partition coefficient (Wildman–Crippen LogP) is 8.02. The van der Waals surface area contributed by atoms with E-state index in [0.29, 0.717) is 29.6 Å². The van der Waals surface area contributed by atoms with Crippen LogP contribution in [0.2, 0.25) is 0 Å². The molecule has 7 fully saturated rings. The molecule has 8 heteroatoms. The van der Waals surface area contributed by atoms with Gasteiger partial charge in [0.1, 0.15) is 6.10 Å². The van der Waals surface area contributed by atoms with E-state index < -0.39 is 11.9 Å². The molecule has 0 aromatic heterocycles. The molecule has 6 saturated carbocycles. The molecule has 2 amide bonds. The highest BCUT2D eigenvalue weighted by Gasteiger charge is 2.74. The summed E-state index contributed by atoms with van der Waals surface area (Å²) in [4.78, 5) is 54.1. The van der Waals surface area contributed by atoms with Crippen molar-refractivity contribution in [3.05, 3.63) is 0 Å². The summed E-state index contributed by atoms with van der Waals surface area (Å²) in [6.45, 7) is 18.2. The van der Waals surface area contributed by atoms with E-state index in [0.717, 1.165) is 90.1 Å². The highest BCUT2D eigenvalue weighted by molar-refractivity contribution is 5.85. The van der Waals surface area contributed by atoms with Crippen LogP contribution in [-0.2, 0) is 23.9 Å². The van der Waals surface area contributed by atoms with E-state index in [2.05, 4.69) is 51.8 Å². The van der Waals surface area contributed by atoms with Gasteiger partial charge in [-0.25, -0.2) is 0 Å². The molecular weight excluding hydrogens is 640 g/mol. The second kappa shape index (κ2) is 13.0. The maximum atomic E-state index is 14.5. The van der Waals surface area contributed by atoms with E-state index in [1.54, 1.807) is 6.92 Å². The predicted molar refractivity (Wildman–Crippen MR) is 196 cm³/mol. The SMILES string of the molecule is CC(CC(=O)OC1CCC2(C)C(CCC3(C)C4(C)CCC5(C(=O)NC6CC(C(=O)N7CCCCC7)C6C)CCCC5C4CCC23C)C1C)C(=O)O. The Morgan fingerprint density at radius 1 is 0.765 bits per heavy atom. The molecule has 6 aliphatic carbocycles. The summed E-state index contributed by atoms with van der Waals surface area (Å²) in [7, 11) is 0. The number of amides is 2. The first-order chi connectivity index (χ1) is 24.0. The first kappa shape index (κ1) is 37.2. The number of carbonyl (C=O) groups excluding carboxylic acids is 3. The molecule has 1 heterocycles. The van der Waals surface area contributed by atoms with Crippen LogP contribution in [0.3, 0.4) is 0 Å². The number of hydrogen-bond donors (Lipinski definition) is 2. The van der Waals surface area contributed by atoms with Crippen molar-refractivity contribution in [2.45, 2.75) is 163 Å². The summed E-state index contributed by atoms with van der Waals surface area (Å²) in [5.74, 6) is 0.439. The Hall–Kier alpha value is -2.12. The van der Waals surface area contributed by atoms with Crippen molar-refractivity contribution in [3.8, 4) is 0 Å². The van der Waals surface area contributed by atoms with Crippen LogP contribution in [0.5, 0.6) is 0 Å². The zero-order valence-corrected chi connectivity index (χ0v) is 32.9. The molecule has 0 aromatic carbocycles. The molecule has 7 aliphatic rings. The number of esters is 1. The lowest BCUT2D eigenvalue weighted by atomic mass is 9.28. The molecule has 14 unspecified atom stereocenters. The van der Waals surface area contributed by atoms with Gasteiger partial charge in [-0.1, -0.05) is 54.9 Å². The average Bonchev–Trinajstić information content (AvgIpc) is 3.54. The van der Waals surface area contributed by atoms with E-state index in [9.17, 15) is 24.3 Å².